The van der Waals surface area contributed by atoms with Crippen molar-refractivity contribution in [2.75, 3.05) is 27.2 Å². The Labute approximate surface area is 127 Å². The number of aromatic carboxylic acids is 1. The molecule has 0 fully saturated rings. The van der Waals surface area contributed by atoms with Crippen LogP contribution in [0.1, 0.15) is 20.7 Å². The van der Waals surface area contributed by atoms with E-state index in [1.54, 1.807) is 0 Å². The third-order valence-electron chi connectivity index (χ3n) is 2.90. The fourth-order valence-electron chi connectivity index (χ4n) is 1.73. The van der Waals surface area contributed by atoms with E-state index in [1.165, 1.54) is 38.4 Å². The van der Waals surface area contributed by atoms with Gasteiger partial charge in [-0.3, -0.25) is 14.4 Å². The molecule has 0 aliphatic heterocycles. The molecule has 0 spiro atoms. The first-order valence-electron chi connectivity index (χ1n) is 6.43. The van der Waals surface area contributed by atoms with Crippen molar-refractivity contribution < 1.29 is 24.3 Å². The van der Waals surface area contributed by atoms with Crippen molar-refractivity contribution >= 4 is 23.7 Å². The zero-order chi connectivity index (χ0) is 16.7. The smallest absolute Gasteiger partial charge is 0.336 e. The van der Waals surface area contributed by atoms with Gasteiger partial charge in [-0.2, -0.15) is 0 Å². The Morgan fingerprint density at radius 3 is 1.82 bits per heavy atom. The van der Waals surface area contributed by atoms with Crippen molar-refractivity contribution in [3.63, 3.8) is 0 Å². The number of carbonyl (C=O) groups is 4. The van der Waals surface area contributed by atoms with Gasteiger partial charge in [-0.05, 0) is 12.1 Å². The summed E-state index contributed by atoms with van der Waals surface area (Å²) in [5, 5.41) is 13.8. The lowest BCUT2D eigenvalue weighted by Crippen LogP contribution is -2.45. The number of carbonyl (C=O) groups excluding carboxylic acids is 3. The van der Waals surface area contributed by atoms with E-state index in [4.69, 9.17) is 5.11 Å². The molecule has 22 heavy (non-hydrogen) atoms. The molecule has 0 heterocycles. The molecule has 1 aromatic rings. The number of nitrogens with one attached hydrogen (secondary N) is 2. The van der Waals surface area contributed by atoms with E-state index in [0.29, 0.717) is 0 Å². The highest BCUT2D eigenvalue weighted by atomic mass is 16.4. The van der Waals surface area contributed by atoms with Crippen LogP contribution in [0, 0.1) is 0 Å². The van der Waals surface area contributed by atoms with E-state index in [0.717, 1.165) is 4.90 Å². The van der Waals surface area contributed by atoms with E-state index >= 15 is 0 Å². The zero-order valence-electron chi connectivity index (χ0n) is 12.3. The van der Waals surface area contributed by atoms with Crippen LogP contribution >= 0.6 is 0 Å². The van der Waals surface area contributed by atoms with Crippen LogP contribution in [0.5, 0.6) is 0 Å². The topological polar surface area (TPSA) is 116 Å². The van der Waals surface area contributed by atoms with Crippen molar-refractivity contribution in [3.05, 3.63) is 35.4 Å². The highest BCUT2D eigenvalue weighted by molar-refractivity contribution is 6.06. The summed E-state index contributed by atoms with van der Waals surface area (Å²) in [4.78, 5) is 47.6. The summed E-state index contributed by atoms with van der Waals surface area (Å²) in [7, 11) is 2.80. The van der Waals surface area contributed by atoms with Crippen molar-refractivity contribution in [2.24, 2.45) is 0 Å². The molecule has 118 valence electrons. The maximum Gasteiger partial charge on any atom is 0.336 e. The van der Waals surface area contributed by atoms with Crippen molar-refractivity contribution in [1.82, 2.24) is 15.5 Å². The Morgan fingerprint density at radius 1 is 0.955 bits per heavy atom. The van der Waals surface area contributed by atoms with Gasteiger partial charge < -0.3 is 20.6 Å². The van der Waals surface area contributed by atoms with Gasteiger partial charge in [0.25, 0.3) is 5.91 Å². The third-order valence-corrected chi connectivity index (χ3v) is 2.90. The number of amides is 3. The van der Waals surface area contributed by atoms with Crippen LogP contribution in [0.25, 0.3) is 0 Å². The second kappa shape index (κ2) is 7.77. The second-order valence-electron chi connectivity index (χ2n) is 4.36. The molecule has 1 aromatic carbocycles. The maximum absolute atomic E-state index is 12.5. The number of nitrogens with zero attached hydrogens (tertiary/aromatic N) is 1. The molecule has 0 bridgehead atoms. The number of benzene rings is 1. The Morgan fingerprint density at radius 2 is 1.41 bits per heavy atom. The van der Waals surface area contributed by atoms with E-state index in [1.807, 2.05) is 0 Å². The van der Waals surface area contributed by atoms with Crippen molar-refractivity contribution in [1.29, 1.82) is 0 Å². The van der Waals surface area contributed by atoms with E-state index in [2.05, 4.69) is 10.6 Å². The fraction of sp³-hybridized carbons (Fsp3) is 0.286. The number of carboxylic acids is 1. The molecule has 0 radical (unpaired) electrons. The van der Waals surface area contributed by atoms with Crippen LogP contribution in [0.15, 0.2) is 24.3 Å². The average molecular weight is 307 g/mol. The van der Waals surface area contributed by atoms with Gasteiger partial charge >= 0.3 is 5.97 Å². The van der Waals surface area contributed by atoms with Crippen molar-refractivity contribution in [2.45, 2.75) is 0 Å². The van der Waals surface area contributed by atoms with Crippen LogP contribution in [-0.4, -0.2) is 60.9 Å². The molecule has 8 heteroatoms. The van der Waals surface area contributed by atoms with Gasteiger partial charge in [-0.1, -0.05) is 12.1 Å². The molecule has 3 amide bonds. The normalized spacial score (nSPS) is 9.73. The van der Waals surface area contributed by atoms with Crippen LogP contribution < -0.4 is 10.6 Å². The highest BCUT2D eigenvalue weighted by Crippen LogP contribution is 2.12. The average Bonchev–Trinajstić information content (AvgIpc) is 2.52. The predicted octanol–water partition coefficient (Wildman–Crippen LogP) is -0.681. The SMILES string of the molecule is CNC(=O)CN(CC(=O)NC)C(=O)c1ccccc1C(=O)O. The Balaban J connectivity index is 3.13. The van der Waals surface area contributed by atoms with Gasteiger partial charge in [-0.15, -0.1) is 0 Å². The van der Waals surface area contributed by atoms with Crippen LogP contribution in [0.2, 0.25) is 0 Å². The molecule has 0 aliphatic carbocycles. The summed E-state index contributed by atoms with van der Waals surface area (Å²) in [5.41, 5.74) is -0.269. The molecule has 8 nitrogen and oxygen atoms in total. The van der Waals surface area contributed by atoms with Gasteiger partial charge in [0.1, 0.15) is 13.1 Å². The minimum Gasteiger partial charge on any atom is -0.478 e. The lowest BCUT2D eigenvalue weighted by Gasteiger charge is -2.21. The fourth-order valence-corrected chi connectivity index (χ4v) is 1.73. The molecular formula is C14H17N3O5. The zero-order valence-corrected chi connectivity index (χ0v) is 12.3. The standard InChI is InChI=1S/C14H17N3O5/c1-15-11(18)7-17(8-12(19)16-2)13(20)9-5-3-4-6-10(9)14(21)22/h3-6H,7-8H2,1-2H3,(H,15,18)(H,16,19)(H,21,22). The quantitative estimate of drug-likeness (QED) is 0.644. The molecule has 3 N–H and O–H groups in total. The number of likely N-dealkylation sites (N-methyl/N-ethyl adjacent to an activating group) is 2. The predicted molar refractivity (Wildman–Crippen MR) is 77.4 cm³/mol. The van der Waals surface area contributed by atoms with Gasteiger partial charge in [-0.25, -0.2) is 4.79 Å². The number of rotatable bonds is 6. The first-order chi connectivity index (χ1) is 10.4. The lowest BCUT2D eigenvalue weighted by atomic mass is 10.1. The molecule has 0 saturated heterocycles. The lowest BCUT2D eigenvalue weighted by molar-refractivity contribution is -0.123. The Hall–Kier alpha value is -2.90. The van der Waals surface area contributed by atoms with E-state index < -0.39 is 23.7 Å². The van der Waals surface area contributed by atoms with Crippen LogP contribution in [-0.2, 0) is 9.59 Å². The minimum absolute atomic E-state index is 0.0807. The first-order valence-corrected chi connectivity index (χ1v) is 6.43. The molecule has 0 aromatic heterocycles. The monoisotopic (exact) mass is 307 g/mol. The number of carboxylic acid groups (broad SMARTS) is 1. The van der Waals surface area contributed by atoms with E-state index in [9.17, 15) is 19.2 Å². The van der Waals surface area contributed by atoms with Crippen molar-refractivity contribution in [3.8, 4) is 0 Å². The van der Waals surface area contributed by atoms with Gasteiger partial charge in [0.2, 0.25) is 11.8 Å². The van der Waals surface area contributed by atoms with Gasteiger partial charge in [0.05, 0.1) is 11.1 Å². The number of hydrogen-bond acceptors (Lipinski definition) is 4. The third kappa shape index (κ3) is 4.30. The first kappa shape index (κ1) is 17.2. The van der Waals surface area contributed by atoms with Crippen LogP contribution in [0.4, 0.5) is 0 Å². The molecule has 0 unspecified atom stereocenters. The van der Waals surface area contributed by atoms with Gasteiger partial charge in [0.15, 0.2) is 0 Å². The maximum atomic E-state index is 12.5. The number of hydrogen-bond donors (Lipinski definition) is 3. The molecule has 1 rings (SSSR count). The molecular weight excluding hydrogens is 290 g/mol. The van der Waals surface area contributed by atoms with E-state index in [-0.39, 0.29) is 24.2 Å². The summed E-state index contributed by atoms with van der Waals surface area (Å²) in [6, 6.07) is 5.62. The second-order valence-corrected chi connectivity index (χ2v) is 4.36. The largest absolute Gasteiger partial charge is 0.478 e. The summed E-state index contributed by atoms with van der Waals surface area (Å²) in [5.74, 6) is -2.90. The molecule has 0 saturated carbocycles. The van der Waals surface area contributed by atoms with Crippen LogP contribution in [0.3, 0.4) is 0 Å². The highest BCUT2D eigenvalue weighted by Gasteiger charge is 2.24. The summed E-state index contributed by atoms with van der Waals surface area (Å²) >= 11 is 0. The minimum atomic E-state index is -1.26. The summed E-state index contributed by atoms with van der Waals surface area (Å²) in [6.07, 6.45) is 0. The summed E-state index contributed by atoms with van der Waals surface area (Å²) < 4.78 is 0. The Kier molecular flexibility index (Phi) is 6.06. The summed E-state index contributed by atoms with van der Waals surface area (Å²) in [6.45, 7) is -0.701. The molecule has 0 aliphatic rings. The molecule has 0 atom stereocenters. The van der Waals surface area contributed by atoms with Gasteiger partial charge in [0, 0.05) is 14.1 Å². The Bertz CT molecular complexity index is 582.